The molecule has 0 radical (unpaired) electrons. The van der Waals surface area contributed by atoms with Crippen molar-refractivity contribution in [1.82, 2.24) is 15.5 Å². The molecular formula is C20H27N3O4. The van der Waals surface area contributed by atoms with Crippen LogP contribution in [0, 0.1) is 0 Å². The van der Waals surface area contributed by atoms with E-state index in [9.17, 15) is 9.59 Å². The summed E-state index contributed by atoms with van der Waals surface area (Å²) in [7, 11) is 0. The maximum Gasteiger partial charge on any atom is 0.242 e. The highest BCUT2D eigenvalue weighted by Gasteiger charge is 2.30. The van der Waals surface area contributed by atoms with Gasteiger partial charge in [-0.3, -0.25) is 14.5 Å². The largest absolute Gasteiger partial charge is 0.486 e. The van der Waals surface area contributed by atoms with Crippen molar-refractivity contribution < 1.29 is 19.1 Å². The number of rotatable bonds is 4. The van der Waals surface area contributed by atoms with Crippen LogP contribution in [0.2, 0.25) is 0 Å². The smallest absolute Gasteiger partial charge is 0.242 e. The maximum atomic E-state index is 12.6. The number of nitrogens with one attached hydrogen (secondary N) is 2. The fraction of sp³-hybridized carbons (Fsp3) is 0.600. The molecular weight excluding hydrogens is 346 g/mol. The van der Waals surface area contributed by atoms with Crippen molar-refractivity contribution in [2.24, 2.45) is 0 Å². The molecule has 2 amide bonds. The SMILES string of the molecule is O=C(CN1CCC[C@H]1c1ccc2c(c1)OCCO2)N[C@H]1CCCCNC1=O. The van der Waals surface area contributed by atoms with Gasteiger partial charge in [0, 0.05) is 12.6 Å². The van der Waals surface area contributed by atoms with E-state index in [1.807, 2.05) is 12.1 Å². The normalized spacial score (nSPS) is 25.6. The lowest BCUT2D eigenvalue weighted by molar-refractivity contribution is -0.129. The molecule has 2 N–H and O–H groups in total. The molecule has 1 aromatic carbocycles. The van der Waals surface area contributed by atoms with Crippen LogP contribution in [0.4, 0.5) is 0 Å². The molecule has 7 nitrogen and oxygen atoms in total. The van der Waals surface area contributed by atoms with Gasteiger partial charge in [0.2, 0.25) is 11.8 Å². The Balaban J connectivity index is 1.39. The van der Waals surface area contributed by atoms with E-state index in [0.717, 1.165) is 49.3 Å². The topological polar surface area (TPSA) is 79.9 Å². The van der Waals surface area contributed by atoms with Gasteiger partial charge in [-0.25, -0.2) is 0 Å². The molecule has 0 spiro atoms. The first kappa shape index (κ1) is 18.1. The fourth-order valence-corrected chi connectivity index (χ4v) is 4.16. The predicted molar refractivity (Wildman–Crippen MR) is 99.8 cm³/mol. The van der Waals surface area contributed by atoms with Crippen LogP contribution in [0.5, 0.6) is 11.5 Å². The molecule has 4 rings (SSSR count). The zero-order chi connectivity index (χ0) is 18.6. The van der Waals surface area contributed by atoms with Crippen molar-refractivity contribution in [1.29, 1.82) is 0 Å². The van der Waals surface area contributed by atoms with E-state index >= 15 is 0 Å². The van der Waals surface area contributed by atoms with Gasteiger partial charge < -0.3 is 20.1 Å². The molecule has 3 aliphatic heterocycles. The molecule has 0 unspecified atom stereocenters. The Morgan fingerprint density at radius 3 is 2.89 bits per heavy atom. The molecule has 2 atom stereocenters. The molecule has 3 aliphatic rings. The molecule has 27 heavy (non-hydrogen) atoms. The summed E-state index contributed by atoms with van der Waals surface area (Å²) in [6.45, 7) is 3.03. The van der Waals surface area contributed by atoms with E-state index < -0.39 is 6.04 Å². The Morgan fingerprint density at radius 1 is 1.15 bits per heavy atom. The number of nitrogens with zero attached hydrogens (tertiary/aromatic N) is 1. The number of benzene rings is 1. The summed E-state index contributed by atoms with van der Waals surface area (Å²) in [5.74, 6) is 1.42. The average molecular weight is 373 g/mol. The van der Waals surface area contributed by atoms with E-state index in [1.165, 1.54) is 0 Å². The third-order valence-corrected chi connectivity index (χ3v) is 5.53. The van der Waals surface area contributed by atoms with Crippen LogP contribution in [-0.2, 0) is 9.59 Å². The molecule has 0 saturated carbocycles. The lowest BCUT2D eigenvalue weighted by atomic mass is 10.0. The van der Waals surface area contributed by atoms with E-state index in [1.54, 1.807) is 0 Å². The van der Waals surface area contributed by atoms with Gasteiger partial charge in [0.25, 0.3) is 0 Å². The van der Waals surface area contributed by atoms with E-state index in [-0.39, 0.29) is 17.9 Å². The number of carbonyl (C=O) groups is 2. The third-order valence-electron chi connectivity index (χ3n) is 5.53. The summed E-state index contributed by atoms with van der Waals surface area (Å²) in [5.41, 5.74) is 1.15. The first-order chi connectivity index (χ1) is 13.2. The molecule has 0 bridgehead atoms. The number of likely N-dealkylation sites (tertiary alicyclic amines) is 1. The summed E-state index contributed by atoms with van der Waals surface area (Å²) >= 11 is 0. The Bertz CT molecular complexity index is 708. The summed E-state index contributed by atoms with van der Waals surface area (Å²) in [5, 5.41) is 5.78. The predicted octanol–water partition coefficient (Wildman–Crippen LogP) is 1.38. The highest BCUT2D eigenvalue weighted by Crippen LogP contribution is 2.37. The Labute approximate surface area is 159 Å². The van der Waals surface area contributed by atoms with Gasteiger partial charge in [0.1, 0.15) is 19.3 Å². The Hall–Kier alpha value is -2.28. The van der Waals surface area contributed by atoms with Gasteiger partial charge >= 0.3 is 0 Å². The minimum Gasteiger partial charge on any atom is -0.486 e. The monoisotopic (exact) mass is 373 g/mol. The number of ether oxygens (including phenoxy) is 2. The van der Waals surface area contributed by atoms with Crippen molar-refractivity contribution in [2.45, 2.75) is 44.2 Å². The highest BCUT2D eigenvalue weighted by molar-refractivity contribution is 5.88. The number of amides is 2. The molecule has 1 aromatic rings. The van der Waals surface area contributed by atoms with Gasteiger partial charge in [-0.05, 0) is 56.3 Å². The first-order valence-corrected chi connectivity index (χ1v) is 9.91. The molecule has 0 aromatic heterocycles. The van der Waals surface area contributed by atoms with Crippen LogP contribution in [0.25, 0.3) is 0 Å². The second kappa shape index (κ2) is 8.17. The quantitative estimate of drug-likeness (QED) is 0.834. The van der Waals surface area contributed by atoms with Crippen LogP contribution in [0.15, 0.2) is 18.2 Å². The van der Waals surface area contributed by atoms with Crippen LogP contribution in [0.1, 0.15) is 43.7 Å². The molecule has 3 heterocycles. The van der Waals surface area contributed by atoms with E-state index in [4.69, 9.17) is 9.47 Å². The van der Waals surface area contributed by atoms with Crippen LogP contribution >= 0.6 is 0 Å². The van der Waals surface area contributed by atoms with Crippen molar-refractivity contribution in [3.05, 3.63) is 23.8 Å². The number of hydrogen-bond acceptors (Lipinski definition) is 5. The van der Waals surface area contributed by atoms with Crippen molar-refractivity contribution in [3.63, 3.8) is 0 Å². The second-order valence-electron chi connectivity index (χ2n) is 7.44. The minimum absolute atomic E-state index is 0.0642. The Morgan fingerprint density at radius 2 is 2.00 bits per heavy atom. The van der Waals surface area contributed by atoms with Crippen LogP contribution in [0.3, 0.4) is 0 Å². The lowest BCUT2D eigenvalue weighted by Gasteiger charge is -2.26. The lowest BCUT2D eigenvalue weighted by Crippen LogP contribution is -2.48. The van der Waals surface area contributed by atoms with Gasteiger partial charge in [-0.15, -0.1) is 0 Å². The molecule has 2 saturated heterocycles. The minimum atomic E-state index is -0.407. The molecule has 2 fully saturated rings. The maximum absolute atomic E-state index is 12.6. The second-order valence-corrected chi connectivity index (χ2v) is 7.44. The highest BCUT2D eigenvalue weighted by atomic mass is 16.6. The van der Waals surface area contributed by atoms with Crippen molar-refractivity contribution >= 4 is 11.8 Å². The Kier molecular flexibility index (Phi) is 5.48. The van der Waals surface area contributed by atoms with Crippen molar-refractivity contribution in [2.75, 3.05) is 32.8 Å². The van der Waals surface area contributed by atoms with E-state index in [2.05, 4.69) is 21.6 Å². The van der Waals surface area contributed by atoms with Crippen LogP contribution in [-0.4, -0.2) is 55.6 Å². The van der Waals surface area contributed by atoms with E-state index in [0.29, 0.717) is 32.7 Å². The average Bonchev–Trinajstić information content (AvgIpc) is 3.04. The van der Waals surface area contributed by atoms with Gasteiger partial charge in [-0.1, -0.05) is 6.07 Å². The summed E-state index contributed by atoms with van der Waals surface area (Å²) in [6, 6.07) is 5.84. The zero-order valence-electron chi connectivity index (χ0n) is 15.5. The fourth-order valence-electron chi connectivity index (χ4n) is 4.16. The number of fused-ring (bicyclic) bond motifs is 1. The number of hydrogen-bond donors (Lipinski definition) is 2. The van der Waals surface area contributed by atoms with Gasteiger partial charge in [0.15, 0.2) is 11.5 Å². The number of carbonyl (C=O) groups excluding carboxylic acids is 2. The van der Waals surface area contributed by atoms with Gasteiger partial charge in [-0.2, -0.15) is 0 Å². The van der Waals surface area contributed by atoms with Crippen LogP contribution < -0.4 is 20.1 Å². The standard InChI is InChI=1S/C20H27N3O4/c24-19(22-15-4-1-2-8-21-20(15)25)13-23-9-3-5-16(23)14-6-7-17-18(12-14)27-11-10-26-17/h6-7,12,15-16H,1-5,8-11,13H2,(H,21,25)(H,22,24)/t15-,16-/m0/s1. The zero-order valence-corrected chi connectivity index (χ0v) is 15.5. The molecule has 0 aliphatic carbocycles. The van der Waals surface area contributed by atoms with Crippen molar-refractivity contribution in [3.8, 4) is 11.5 Å². The summed E-state index contributed by atoms with van der Waals surface area (Å²) in [4.78, 5) is 26.8. The summed E-state index contributed by atoms with van der Waals surface area (Å²) in [6.07, 6.45) is 4.69. The first-order valence-electron chi connectivity index (χ1n) is 9.91. The molecule has 146 valence electrons. The van der Waals surface area contributed by atoms with Gasteiger partial charge in [0.05, 0.1) is 6.54 Å². The molecule has 7 heteroatoms. The summed E-state index contributed by atoms with van der Waals surface area (Å²) < 4.78 is 11.3. The third kappa shape index (κ3) is 4.18.